The van der Waals surface area contributed by atoms with Gasteiger partial charge in [-0.25, -0.2) is 13.6 Å². The van der Waals surface area contributed by atoms with Gasteiger partial charge in [0, 0.05) is 6.42 Å². The molecule has 0 saturated heterocycles. The second kappa shape index (κ2) is 6.49. The van der Waals surface area contributed by atoms with Crippen LogP contribution in [0.2, 0.25) is 0 Å². The highest BCUT2D eigenvalue weighted by molar-refractivity contribution is 5.93. The summed E-state index contributed by atoms with van der Waals surface area (Å²) in [5.41, 5.74) is -2.68. The molecule has 1 fully saturated rings. The number of nitrogens with one attached hydrogen (secondary N) is 1. The van der Waals surface area contributed by atoms with Crippen LogP contribution in [0.5, 0.6) is 0 Å². The highest BCUT2D eigenvalue weighted by atomic mass is 19.1. The van der Waals surface area contributed by atoms with Gasteiger partial charge in [-0.15, -0.1) is 0 Å². The largest absolute Gasteiger partial charge is 0.444 e. The van der Waals surface area contributed by atoms with Crippen molar-refractivity contribution in [1.82, 2.24) is 5.32 Å². The smallest absolute Gasteiger partial charge is 0.408 e. The molecule has 1 saturated carbocycles. The summed E-state index contributed by atoms with van der Waals surface area (Å²) < 4.78 is 34.3. The molecule has 1 unspecified atom stereocenters. The second-order valence-electron chi connectivity index (χ2n) is 7.22. The van der Waals surface area contributed by atoms with Crippen LogP contribution < -0.4 is 5.32 Å². The minimum absolute atomic E-state index is 0.141. The number of aryl methyl sites for hydroxylation is 1. The summed E-state index contributed by atoms with van der Waals surface area (Å²) in [6, 6.07) is 2.43. The van der Waals surface area contributed by atoms with E-state index in [-0.39, 0.29) is 18.4 Å². The predicted octanol–water partition coefficient (Wildman–Crippen LogP) is 4.14. The van der Waals surface area contributed by atoms with E-state index >= 15 is 0 Å². The van der Waals surface area contributed by atoms with Crippen LogP contribution in [0.4, 0.5) is 13.6 Å². The van der Waals surface area contributed by atoms with Gasteiger partial charge in [0.2, 0.25) is 0 Å². The maximum absolute atomic E-state index is 14.7. The predicted molar refractivity (Wildman–Crippen MR) is 85.6 cm³/mol. The Morgan fingerprint density at radius 3 is 2.50 bits per heavy atom. The van der Waals surface area contributed by atoms with Crippen molar-refractivity contribution in [3.63, 3.8) is 0 Å². The van der Waals surface area contributed by atoms with E-state index in [1.54, 1.807) is 20.8 Å². The molecule has 1 aliphatic carbocycles. The Balaban J connectivity index is 2.52. The molecule has 132 valence electrons. The molecule has 1 atom stereocenters. The molecule has 0 aliphatic heterocycles. The van der Waals surface area contributed by atoms with Crippen molar-refractivity contribution >= 4 is 11.9 Å². The van der Waals surface area contributed by atoms with Crippen LogP contribution in [0.3, 0.4) is 0 Å². The van der Waals surface area contributed by atoms with Gasteiger partial charge in [0.1, 0.15) is 22.8 Å². The van der Waals surface area contributed by atoms with Crippen LogP contribution in [0.15, 0.2) is 12.1 Å². The van der Waals surface area contributed by atoms with Crippen LogP contribution in [0, 0.1) is 18.6 Å². The highest BCUT2D eigenvalue weighted by Crippen LogP contribution is 2.38. The van der Waals surface area contributed by atoms with E-state index < -0.39 is 40.2 Å². The quantitative estimate of drug-likeness (QED) is 0.881. The van der Waals surface area contributed by atoms with Gasteiger partial charge in [-0.05, 0) is 58.6 Å². The lowest BCUT2D eigenvalue weighted by molar-refractivity contribution is -0.128. The maximum Gasteiger partial charge on any atom is 0.408 e. The molecule has 2 rings (SSSR count). The Hall–Kier alpha value is -1.98. The Labute approximate surface area is 140 Å². The van der Waals surface area contributed by atoms with Crippen LogP contribution >= 0.6 is 0 Å². The maximum atomic E-state index is 14.7. The zero-order valence-corrected chi connectivity index (χ0v) is 14.5. The van der Waals surface area contributed by atoms with Crippen LogP contribution in [-0.4, -0.2) is 17.5 Å². The van der Waals surface area contributed by atoms with Gasteiger partial charge in [0.05, 0.1) is 5.56 Å². The van der Waals surface area contributed by atoms with Crippen molar-refractivity contribution in [2.45, 2.75) is 64.5 Å². The molecular formula is C18H23F2NO3. The summed E-state index contributed by atoms with van der Waals surface area (Å²) in [4.78, 5) is 24.9. The van der Waals surface area contributed by atoms with Crippen molar-refractivity contribution in [1.29, 1.82) is 0 Å². The standard InChI is InChI=1S/C18H23F2NO3/c1-11-8-9-12(19)14(15(11)20)18(10-6-5-7-13(18)22)21-16(23)24-17(2,3)4/h8-9H,5-7,10H2,1-4H3,(H,21,23). The fourth-order valence-electron chi connectivity index (χ4n) is 3.01. The average molecular weight is 339 g/mol. The van der Waals surface area contributed by atoms with Gasteiger partial charge in [-0.2, -0.15) is 0 Å². The third-order valence-electron chi connectivity index (χ3n) is 4.11. The zero-order chi connectivity index (χ0) is 18.1. The van der Waals surface area contributed by atoms with Crippen LogP contribution in [0.25, 0.3) is 0 Å². The van der Waals surface area contributed by atoms with Crippen molar-refractivity contribution in [3.05, 3.63) is 34.9 Å². The van der Waals surface area contributed by atoms with Gasteiger partial charge >= 0.3 is 6.09 Å². The van der Waals surface area contributed by atoms with E-state index in [1.165, 1.54) is 13.0 Å². The highest BCUT2D eigenvalue weighted by Gasteiger charge is 2.47. The summed E-state index contributed by atoms with van der Waals surface area (Å²) in [6.07, 6.45) is 0.642. The molecule has 1 aromatic rings. The summed E-state index contributed by atoms with van der Waals surface area (Å²) >= 11 is 0. The SMILES string of the molecule is Cc1ccc(F)c(C2(NC(=O)OC(C)(C)C)CCCCC2=O)c1F. The number of ketones is 1. The van der Waals surface area contributed by atoms with Crippen molar-refractivity contribution in [3.8, 4) is 0 Å². The van der Waals surface area contributed by atoms with E-state index in [4.69, 9.17) is 4.74 Å². The molecule has 1 aliphatic rings. The van der Waals surface area contributed by atoms with Crippen molar-refractivity contribution in [2.75, 3.05) is 0 Å². The number of Topliss-reactive ketones (excluding diaryl/α,β-unsaturated/α-hetero) is 1. The molecule has 24 heavy (non-hydrogen) atoms. The first-order chi connectivity index (χ1) is 11.1. The van der Waals surface area contributed by atoms with Gasteiger partial charge < -0.3 is 10.1 Å². The molecule has 0 heterocycles. The summed E-state index contributed by atoms with van der Waals surface area (Å²) in [5.74, 6) is -2.05. The monoisotopic (exact) mass is 339 g/mol. The minimum Gasteiger partial charge on any atom is -0.444 e. The molecule has 0 radical (unpaired) electrons. The molecule has 1 N–H and O–H groups in total. The van der Waals surface area contributed by atoms with Gasteiger partial charge in [0.15, 0.2) is 5.78 Å². The van der Waals surface area contributed by atoms with E-state index in [9.17, 15) is 18.4 Å². The van der Waals surface area contributed by atoms with Crippen LogP contribution in [0.1, 0.15) is 57.6 Å². The average Bonchev–Trinajstić information content (AvgIpc) is 2.44. The first-order valence-electron chi connectivity index (χ1n) is 8.06. The summed E-state index contributed by atoms with van der Waals surface area (Å²) in [6.45, 7) is 6.52. The lowest BCUT2D eigenvalue weighted by atomic mass is 9.74. The summed E-state index contributed by atoms with van der Waals surface area (Å²) in [5, 5.41) is 2.47. The van der Waals surface area contributed by atoms with Gasteiger partial charge in [-0.1, -0.05) is 6.07 Å². The topological polar surface area (TPSA) is 55.4 Å². The number of halogens is 2. The third kappa shape index (κ3) is 3.57. The number of benzene rings is 1. The lowest BCUT2D eigenvalue weighted by Crippen LogP contribution is -2.55. The number of rotatable bonds is 2. The number of hydrogen-bond acceptors (Lipinski definition) is 3. The molecule has 0 spiro atoms. The van der Waals surface area contributed by atoms with E-state index in [0.717, 1.165) is 6.07 Å². The minimum atomic E-state index is -1.72. The van der Waals surface area contributed by atoms with E-state index in [1.807, 2.05) is 0 Å². The van der Waals surface area contributed by atoms with Gasteiger partial charge in [0.25, 0.3) is 0 Å². The number of alkyl carbamates (subject to hydrolysis) is 1. The number of carbonyl (C=O) groups excluding carboxylic acids is 2. The molecule has 0 bridgehead atoms. The number of carbonyl (C=O) groups is 2. The Bertz CT molecular complexity index is 667. The Morgan fingerprint density at radius 2 is 1.92 bits per heavy atom. The van der Waals surface area contributed by atoms with Crippen molar-refractivity contribution in [2.24, 2.45) is 0 Å². The molecule has 4 nitrogen and oxygen atoms in total. The van der Waals surface area contributed by atoms with Gasteiger partial charge in [-0.3, -0.25) is 4.79 Å². The lowest BCUT2D eigenvalue weighted by Gasteiger charge is -2.37. The third-order valence-corrected chi connectivity index (χ3v) is 4.11. The van der Waals surface area contributed by atoms with E-state index in [0.29, 0.717) is 12.8 Å². The van der Waals surface area contributed by atoms with E-state index in [2.05, 4.69) is 5.32 Å². The first kappa shape index (κ1) is 18.4. The zero-order valence-electron chi connectivity index (χ0n) is 14.5. The first-order valence-corrected chi connectivity index (χ1v) is 8.06. The molecule has 1 amide bonds. The van der Waals surface area contributed by atoms with Crippen molar-refractivity contribution < 1.29 is 23.1 Å². The molecule has 0 aromatic heterocycles. The number of hydrogen-bond donors (Lipinski definition) is 1. The normalized spacial score (nSPS) is 21.5. The Kier molecular flexibility index (Phi) is 4.97. The number of amides is 1. The Morgan fingerprint density at radius 1 is 1.25 bits per heavy atom. The number of ether oxygens (including phenoxy) is 1. The summed E-state index contributed by atoms with van der Waals surface area (Å²) in [7, 11) is 0. The molecular weight excluding hydrogens is 316 g/mol. The second-order valence-corrected chi connectivity index (χ2v) is 7.22. The fourth-order valence-corrected chi connectivity index (χ4v) is 3.01. The molecule has 1 aromatic carbocycles. The van der Waals surface area contributed by atoms with Crippen LogP contribution in [-0.2, 0) is 15.1 Å². The molecule has 6 heteroatoms. The fraction of sp³-hybridized carbons (Fsp3) is 0.556.